The van der Waals surface area contributed by atoms with E-state index in [2.05, 4.69) is 41.0 Å². The monoisotopic (exact) mass is 417 g/mol. The van der Waals surface area contributed by atoms with E-state index in [-0.39, 0.29) is 5.92 Å². The summed E-state index contributed by atoms with van der Waals surface area (Å²) in [4.78, 5) is 28.9. The van der Waals surface area contributed by atoms with Crippen molar-refractivity contribution in [2.75, 3.05) is 36.0 Å². The smallest absolute Gasteiger partial charge is 0.225 e. The first kappa shape index (κ1) is 19.2. The predicted octanol–water partition coefficient (Wildman–Crippen LogP) is 1.55. The molecule has 5 rings (SSSR count). The number of hydrogen-bond acceptors (Lipinski definition) is 8. The summed E-state index contributed by atoms with van der Waals surface area (Å²) in [7, 11) is 1.91. The molecule has 4 aromatic rings. The molecule has 1 unspecified atom stereocenters. The van der Waals surface area contributed by atoms with Crippen LogP contribution in [-0.2, 0) is 11.8 Å². The SMILES string of the molecule is CC(C=O)c1cnc(N2CCN(c3ncnn4cc(-c5cnn(C)c5)cc34)CC2)nc1. The van der Waals surface area contributed by atoms with Crippen LogP contribution in [0.3, 0.4) is 0 Å². The van der Waals surface area contributed by atoms with Crippen molar-refractivity contribution in [2.24, 2.45) is 7.05 Å². The number of fused-ring (bicyclic) bond motifs is 1. The van der Waals surface area contributed by atoms with Gasteiger partial charge >= 0.3 is 0 Å². The van der Waals surface area contributed by atoms with E-state index in [1.54, 1.807) is 23.4 Å². The maximum absolute atomic E-state index is 11.0. The van der Waals surface area contributed by atoms with Crippen LogP contribution in [0.1, 0.15) is 18.4 Å². The molecule has 1 saturated heterocycles. The van der Waals surface area contributed by atoms with Gasteiger partial charge in [-0.25, -0.2) is 19.5 Å². The molecule has 4 aromatic heterocycles. The Kier molecular flexibility index (Phi) is 4.81. The summed E-state index contributed by atoms with van der Waals surface area (Å²) < 4.78 is 3.66. The van der Waals surface area contributed by atoms with Gasteiger partial charge in [0.25, 0.3) is 0 Å². The fourth-order valence-electron chi connectivity index (χ4n) is 3.82. The van der Waals surface area contributed by atoms with Crippen LogP contribution < -0.4 is 9.80 Å². The van der Waals surface area contributed by atoms with Crippen LogP contribution >= 0.6 is 0 Å². The minimum atomic E-state index is -0.190. The van der Waals surface area contributed by atoms with E-state index in [0.717, 1.165) is 60.5 Å². The number of hydrogen-bond donors (Lipinski definition) is 0. The Balaban J connectivity index is 1.33. The molecule has 0 aromatic carbocycles. The van der Waals surface area contributed by atoms with E-state index in [1.807, 2.05) is 37.1 Å². The fraction of sp³-hybridized carbons (Fsp3) is 0.333. The number of carbonyl (C=O) groups excluding carboxylic acids is 1. The first-order valence-electron chi connectivity index (χ1n) is 10.2. The highest BCUT2D eigenvalue weighted by Gasteiger charge is 2.22. The highest BCUT2D eigenvalue weighted by molar-refractivity contribution is 5.77. The molecule has 1 aliphatic rings. The van der Waals surface area contributed by atoms with Crippen molar-refractivity contribution < 1.29 is 4.79 Å². The van der Waals surface area contributed by atoms with Gasteiger partial charge in [0.05, 0.1) is 6.20 Å². The van der Waals surface area contributed by atoms with Gasteiger partial charge in [-0.15, -0.1) is 0 Å². The van der Waals surface area contributed by atoms with E-state index >= 15 is 0 Å². The Morgan fingerprint density at radius 1 is 0.935 bits per heavy atom. The fourth-order valence-corrected chi connectivity index (χ4v) is 3.82. The Labute approximate surface area is 179 Å². The minimum absolute atomic E-state index is 0.190. The quantitative estimate of drug-likeness (QED) is 0.451. The van der Waals surface area contributed by atoms with Gasteiger partial charge in [-0.1, -0.05) is 6.92 Å². The largest absolute Gasteiger partial charge is 0.351 e. The van der Waals surface area contributed by atoms with Crippen LogP contribution in [0.5, 0.6) is 0 Å². The van der Waals surface area contributed by atoms with Crippen LogP contribution in [0.15, 0.2) is 43.4 Å². The highest BCUT2D eigenvalue weighted by Crippen LogP contribution is 2.27. The number of rotatable bonds is 5. The number of aryl methyl sites for hydroxylation is 1. The lowest BCUT2D eigenvalue weighted by Crippen LogP contribution is -2.47. The molecule has 31 heavy (non-hydrogen) atoms. The molecule has 0 aliphatic carbocycles. The van der Waals surface area contributed by atoms with E-state index < -0.39 is 0 Å². The Bertz CT molecular complexity index is 1210. The summed E-state index contributed by atoms with van der Waals surface area (Å²) in [5.74, 6) is 1.42. The molecule has 0 saturated carbocycles. The Hall–Kier alpha value is -3.82. The normalized spacial score (nSPS) is 15.4. The zero-order valence-electron chi connectivity index (χ0n) is 17.5. The molecule has 1 atom stereocenters. The van der Waals surface area contributed by atoms with Crippen LogP contribution in [-0.4, -0.2) is 66.8 Å². The van der Waals surface area contributed by atoms with Crippen molar-refractivity contribution >= 4 is 23.6 Å². The van der Waals surface area contributed by atoms with E-state index in [9.17, 15) is 4.79 Å². The first-order chi connectivity index (χ1) is 15.1. The summed E-state index contributed by atoms with van der Waals surface area (Å²) in [5, 5.41) is 8.64. The molecular weight excluding hydrogens is 394 g/mol. The third kappa shape index (κ3) is 3.60. The number of aromatic nitrogens is 7. The van der Waals surface area contributed by atoms with E-state index in [0.29, 0.717) is 5.95 Å². The summed E-state index contributed by atoms with van der Waals surface area (Å²) in [6.45, 7) is 5.02. The second-order valence-electron chi connectivity index (χ2n) is 7.76. The van der Waals surface area contributed by atoms with Gasteiger partial charge in [-0.2, -0.15) is 10.2 Å². The van der Waals surface area contributed by atoms with Crippen LogP contribution in [0, 0.1) is 0 Å². The first-order valence-corrected chi connectivity index (χ1v) is 10.2. The Morgan fingerprint density at radius 2 is 1.68 bits per heavy atom. The summed E-state index contributed by atoms with van der Waals surface area (Å²) in [5.41, 5.74) is 3.91. The van der Waals surface area contributed by atoms with Gasteiger partial charge in [0.2, 0.25) is 5.95 Å². The van der Waals surface area contributed by atoms with Crippen LogP contribution in [0.2, 0.25) is 0 Å². The molecule has 158 valence electrons. The maximum atomic E-state index is 11.0. The lowest BCUT2D eigenvalue weighted by Gasteiger charge is -2.35. The lowest BCUT2D eigenvalue weighted by atomic mass is 10.1. The van der Waals surface area contributed by atoms with Gasteiger partial charge in [-0.3, -0.25) is 4.68 Å². The van der Waals surface area contributed by atoms with Crippen LogP contribution in [0.4, 0.5) is 11.8 Å². The second-order valence-corrected chi connectivity index (χ2v) is 7.76. The van der Waals surface area contributed by atoms with Crippen molar-refractivity contribution in [3.63, 3.8) is 0 Å². The molecule has 5 heterocycles. The van der Waals surface area contributed by atoms with Gasteiger partial charge in [0.1, 0.15) is 18.1 Å². The van der Waals surface area contributed by atoms with E-state index in [1.165, 1.54) is 0 Å². The van der Waals surface area contributed by atoms with Crippen molar-refractivity contribution in [3.05, 3.63) is 48.9 Å². The van der Waals surface area contributed by atoms with E-state index in [4.69, 9.17) is 0 Å². The average molecular weight is 417 g/mol. The van der Waals surface area contributed by atoms with Crippen LogP contribution in [0.25, 0.3) is 16.6 Å². The summed E-state index contributed by atoms with van der Waals surface area (Å²) in [6, 6.07) is 2.11. The zero-order valence-corrected chi connectivity index (χ0v) is 17.5. The number of carbonyl (C=O) groups is 1. The van der Waals surface area contributed by atoms with Gasteiger partial charge in [0.15, 0.2) is 5.82 Å². The average Bonchev–Trinajstić information content (AvgIpc) is 3.45. The summed E-state index contributed by atoms with van der Waals surface area (Å²) >= 11 is 0. The second kappa shape index (κ2) is 7.78. The third-order valence-corrected chi connectivity index (χ3v) is 5.67. The number of piperazine rings is 1. The Morgan fingerprint density at radius 3 is 2.35 bits per heavy atom. The van der Waals surface area contributed by atoms with Crippen molar-refractivity contribution in [3.8, 4) is 11.1 Å². The molecule has 0 radical (unpaired) electrons. The molecule has 0 N–H and O–H groups in total. The predicted molar refractivity (Wildman–Crippen MR) is 116 cm³/mol. The minimum Gasteiger partial charge on any atom is -0.351 e. The number of aldehydes is 1. The topological polar surface area (TPSA) is 97.3 Å². The third-order valence-electron chi connectivity index (χ3n) is 5.67. The molecule has 0 bridgehead atoms. The molecule has 1 fully saturated rings. The number of anilines is 2. The molecule has 0 amide bonds. The standard InChI is InChI=1S/C21H23N9O/c1-15(13-31)17-8-22-21(23-9-17)29-5-3-28(4-6-29)20-19-7-16(12-30(19)26-14-24-20)18-10-25-27(2)11-18/h7-15H,3-6H2,1-2H3. The van der Waals surface area contributed by atoms with Crippen molar-refractivity contribution in [1.29, 1.82) is 0 Å². The van der Waals surface area contributed by atoms with Gasteiger partial charge in [-0.05, 0) is 11.6 Å². The number of nitrogens with zero attached hydrogens (tertiary/aromatic N) is 9. The molecule has 10 nitrogen and oxygen atoms in total. The van der Waals surface area contributed by atoms with Gasteiger partial charge < -0.3 is 14.6 Å². The molecule has 1 aliphatic heterocycles. The zero-order chi connectivity index (χ0) is 21.4. The van der Waals surface area contributed by atoms with Crippen molar-refractivity contribution in [1.82, 2.24) is 34.3 Å². The summed E-state index contributed by atoms with van der Waals surface area (Å²) in [6.07, 6.45) is 11.8. The highest BCUT2D eigenvalue weighted by atomic mass is 16.1. The van der Waals surface area contributed by atoms with Crippen molar-refractivity contribution in [2.45, 2.75) is 12.8 Å². The maximum Gasteiger partial charge on any atom is 0.225 e. The van der Waals surface area contributed by atoms with Gasteiger partial charge in [0, 0.05) is 75.1 Å². The lowest BCUT2D eigenvalue weighted by molar-refractivity contribution is -0.108. The molecule has 0 spiro atoms. The molecule has 10 heteroatoms. The molecular formula is C21H23N9O.